The molecule has 0 aromatic carbocycles. The maximum atomic E-state index is 12.5. The van der Waals surface area contributed by atoms with Gasteiger partial charge in [-0.2, -0.15) is 0 Å². The van der Waals surface area contributed by atoms with Gasteiger partial charge in [-0.05, 0) is 39.0 Å². The Hall–Kier alpha value is -1.91. The third kappa shape index (κ3) is 3.64. The van der Waals surface area contributed by atoms with Crippen molar-refractivity contribution in [1.29, 1.82) is 0 Å². The fraction of sp³-hybridized carbons (Fsp3) is 0.588. The summed E-state index contributed by atoms with van der Waals surface area (Å²) in [5.74, 6) is 1.44. The number of hydrogen-bond acceptors (Lipinski definition) is 4. The Morgan fingerprint density at radius 3 is 2.73 bits per heavy atom. The van der Waals surface area contributed by atoms with Crippen molar-refractivity contribution in [2.45, 2.75) is 45.1 Å². The second-order valence-electron chi connectivity index (χ2n) is 6.27. The van der Waals surface area contributed by atoms with Crippen molar-refractivity contribution in [2.75, 3.05) is 18.4 Å². The lowest BCUT2D eigenvalue weighted by molar-refractivity contribution is -0.136. The van der Waals surface area contributed by atoms with Gasteiger partial charge in [0.25, 0.3) is 0 Å². The number of carbonyl (C=O) groups excluding carboxylic acids is 1. The summed E-state index contributed by atoms with van der Waals surface area (Å²) in [5.41, 5.74) is 0.968. The minimum Gasteiger partial charge on any atom is -0.367 e. The second kappa shape index (κ2) is 6.90. The molecule has 2 aliphatic rings. The monoisotopic (exact) mass is 300 g/mol. The molecule has 2 heterocycles. The highest BCUT2D eigenvalue weighted by atomic mass is 16.2. The third-order valence-corrected chi connectivity index (χ3v) is 4.58. The van der Waals surface area contributed by atoms with Crippen LogP contribution in [0, 0.1) is 12.8 Å². The van der Waals surface area contributed by atoms with Gasteiger partial charge in [0.15, 0.2) is 0 Å². The number of allylic oxidation sites excluding steroid dienone is 2. The van der Waals surface area contributed by atoms with Crippen LogP contribution in [0.3, 0.4) is 0 Å². The summed E-state index contributed by atoms with van der Waals surface area (Å²) in [5, 5.41) is 3.46. The summed E-state index contributed by atoms with van der Waals surface area (Å²) in [6.45, 7) is 3.66. The Balaban J connectivity index is 1.49. The number of carbonyl (C=O) groups is 1. The highest BCUT2D eigenvalue weighted by Gasteiger charge is 2.28. The molecule has 1 aromatic heterocycles. The number of likely N-dealkylation sites (tertiary alicyclic amines) is 1. The van der Waals surface area contributed by atoms with Crippen LogP contribution in [0.4, 0.5) is 5.82 Å². The molecule has 1 aliphatic carbocycles. The van der Waals surface area contributed by atoms with Crippen LogP contribution in [0.25, 0.3) is 0 Å². The van der Waals surface area contributed by atoms with Gasteiger partial charge < -0.3 is 10.2 Å². The van der Waals surface area contributed by atoms with E-state index in [0.717, 1.165) is 56.7 Å². The van der Waals surface area contributed by atoms with E-state index in [2.05, 4.69) is 27.4 Å². The van der Waals surface area contributed by atoms with E-state index in [1.807, 2.05) is 17.9 Å². The van der Waals surface area contributed by atoms with E-state index >= 15 is 0 Å². The van der Waals surface area contributed by atoms with Gasteiger partial charge in [-0.25, -0.2) is 9.97 Å². The van der Waals surface area contributed by atoms with Crippen molar-refractivity contribution in [3.05, 3.63) is 30.2 Å². The molecule has 1 amide bonds. The lowest BCUT2D eigenvalue weighted by Gasteiger charge is -2.35. The maximum absolute atomic E-state index is 12.5. The van der Waals surface area contributed by atoms with Gasteiger partial charge in [0.1, 0.15) is 12.1 Å². The fourth-order valence-corrected chi connectivity index (χ4v) is 3.26. The summed E-state index contributed by atoms with van der Waals surface area (Å²) in [6.07, 6.45) is 10.9. The third-order valence-electron chi connectivity index (χ3n) is 4.58. The number of amides is 1. The maximum Gasteiger partial charge on any atom is 0.226 e. The number of hydrogen-bond donors (Lipinski definition) is 1. The van der Waals surface area contributed by atoms with Crippen LogP contribution in [0.15, 0.2) is 24.5 Å². The fourth-order valence-electron chi connectivity index (χ4n) is 3.26. The van der Waals surface area contributed by atoms with Gasteiger partial charge in [-0.1, -0.05) is 12.2 Å². The molecule has 1 aliphatic heterocycles. The predicted octanol–water partition coefficient (Wildman–Crippen LogP) is 2.54. The van der Waals surface area contributed by atoms with Crippen LogP contribution in [0.5, 0.6) is 0 Å². The van der Waals surface area contributed by atoms with E-state index in [4.69, 9.17) is 0 Å². The first-order valence-electron chi connectivity index (χ1n) is 8.21. The van der Waals surface area contributed by atoms with E-state index in [1.54, 1.807) is 6.33 Å². The molecule has 5 heteroatoms. The number of aryl methyl sites for hydroxylation is 1. The molecule has 1 fully saturated rings. The van der Waals surface area contributed by atoms with E-state index < -0.39 is 0 Å². The van der Waals surface area contributed by atoms with Crippen molar-refractivity contribution >= 4 is 11.7 Å². The Morgan fingerprint density at radius 2 is 2.05 bits per heavy atom. The zero-order chi connectivity index (χ0) is 15.4. The molecule has 118 valence electrons. The predicted molar refractivity (Wildman–Crippen MR) is 86.5 cm³/mol. The lowest BCUT2D eigenvalue weighted by atomic mass is 9.92. The van der Waals surface area contributed by atoms with Crippen molar-refractivity contribution in [2.24, 2.45) is 5.92 Å². The Labute approximate surface area is 131 Å². The molecule has 0 radical (unpaired) electrons. The number of piperidine rings is 1. The first-order chi connectivity index (χ1) is 10.7. The molecule has 0 spiro atoms. The highest BCUT2D eigenvalue weighted by Crippen LogP contribution is 2.23. The van der Waals surface area contributed by atoms with Crippen LogP contribution in [0.2, 0.25) is 0 Å². The summed E-state index contributed by atoms with van der Waals surface area (Å²) in [7, 11) is 0. The Bertz CT molecular complexity index is 549. The standard InChI is InChI=1S/C17H24N4O/c1-13-11-16(19-12-18-13)20-15-7-9-21(10-8-15)17(22)14-5-3-2-4-6-14/h2-3,11-12,14-15H,4-10H2,1H3,(H,18,19,20). The minimum atomic E-state index is 0.207. The molecular formula is C17H24N4O. The number of anilines is 1. The molecule has 0 saturated carbocycles. The molecule has 5 nitrogen and oxygen atoms in total. The Kier molecular flexibility index (Phi) is 4.71. The van der Waals surface area contributed by atoms with Gasteiger partial charge in [0.05, 0.1) is 0 Å². The number of rotatable bonds is 3. The molecule has 1 atom stereocenters. The van der Waals surface area contributed by atoms with Crippen molar-refractivity contribution < 1.29 is 4.79 Å². The average Bonchev–Trinajstić information content (AvgIpc) is 2.56. The van der Waals surface area contributed by atoms with Crippen LogP contribution < -0.4 is 5.32 Å². The van der Waals surface area contributed by atoms with Gasteiger partial charge >= 0.3 is 0 Å². The topological polar surface area (TPSA) is 58.1 Å². The molecule has 1 N–H and O–H groups in total. The van der Waals surface area contributed by atoms with E-state index in [-0.39, 0.29) is 5.92 Å². The molecule has 3 rings (SSSR count). The molecule has 22 heavy (non-hydrogen) atoms. The van der Waals surface area contributed by atoms with Crippen LogP contribution in [-0.2, 0) is 4.79 Å². The zero-order valence-corrected chi connectivity index (χ0v) is 13.2. The van der Waals surface area contributed by atoms with Gasteiger partial charge in [0, 0.05) is 36.8 Å². The SMILES string of the molecule is Cc1cc(NC2CCN(C(=O)C3CC=CCC3)CC2)ncn1. The van der Waals surface area contributed by atoms with Gasteiger partial charge in [0.2, 0.25) is 5.91 Å². The van der Waals surface area contributed by atoms with Crippen LogP contribution in [-0.4, -0.2) is 39.9 Å². The second-order valence-corrected chi connectivity index (χ2v) is 6.27. The van der Waals surface area contributed by atoms with Gasteiger partial charge in [-0.3, -0.25) is 4.79 Å². The van der Waals surface area contributed by atoms with E-state index in [0.29, 0.717) is 11.9 Å². The summed E-state index contributed by atoms with van der Waals surface area (Å²) < 4.78 is 0. The molecule has 1 aromatic rings. The molecule has 1 unspecified atom stereocenters. The largest absolute Gasteiger partial charge is 0.367 e. The summed E-state index contributed by atoms with van der Waals surface area (Å²) in [4.78, 5) is 22.9. The summed E-state index contributed by atoms with van der Waals surface area (Å²) >= 11 is 0. The van der Waals surface area contributed by atoms with Crippen LogP contribution >= 0.6 is 0 Å². The summed E-state index contributed by atoms with van der Waals surface area (Å²) in [6, 6.07) is 2.36. The van der Waals surface area contributed by atoms with E-state index in [9.17, 15) is 4.79 Å². The molecular weight excluding hydrogens is 276 g/mol. The quantitative estimate of drug-likeness (QED) is 0.872. The van der Waals surface area contributed by atoms with Gasteiger partial charge in [-0.15, -0.1) is 0 Å². The Morgan fingerprint density at radius 1 is 1.23 bits per heavy atom. The average molecular weight is 300 g/mol. The lowest BCUT2D eigenvalue weighted by Crippen LogP contribution is -2.45. The number of nitrogens with zero attached hydrogens (tertiary/aromatic N) is 3. The molecule has 1 saturated heterocycles. The molecule has 0 bridgehead atoms. The van der Waals surface area contributed by atoms with Crippen LogP contribution in [0.1, 0.15) is 37.8 Å². The normalized spacial score (nSPS) is 22.6. The van der Waals surface area contributed by atoms with Crippen molar-refractivity contribution in [3.8, 4) is 0 Å². The zero-order valence-electron chi connectivity index (χ0n) is 13.2. The first kappa shape index (κ1) is 15.0. The minimum absolute atomic E-state index is 0.207. The van der Waals surface area contributed by atoms with Crippen molar-refractivity contribution in [3.63, 3.8) is 0 Å². The number of aromatic nitrogens is 2. The van der Waals surface area contributed by atoms with E-state index in [1.165, 1.54) is 0 Å². The number of nitrogens with one attached hydrogen (secondary N) is 1. The first-order valence-corrected chi connectivity index (χ1v) is 8.21. The smallest absolute Gasteiger partial charge is 0.226 e. The van der Waals surface area contributed by atoms with Crippen molar-refractivity contribution in [1.82, 2.24) is 14.9 Å². The highest BCUT2D eigenvalue weighted by molar-refractivity contribution is 5.79.